The van der Waals surface area contributed by atoms with Gasteiger partial charge in [-0.3, -0.25) is 9.59 Å². The van der Waals surface area contributed by atoms with Crippen LogP contribution in [0, 0.1) is 18.6 Å². The predicted octanol–water partition coefficient (Wildman–Crippen LogP) is 4.57. The highest BCUT2D eigenvalue weighted by Crippen LogP contribution is 2.41. The average molecular weight is 406 g/mol. The number of ether oxygens (including phenoxy) is 1. The van der Waals surface area contributed by atoms with E-state index in [0.29, 0.717) is 42.3 Å². The molecule has 2 aliphatic heterocycles. The van der Waals surface area contributed by atoms with Crippen molar-refractivity contribution >= 4 is 23.3 Å². The lowest BCUT2D eigenvalue weighted by molar-refractivity contribution is -0.00574. The van der Waals surface area contributed by atoms with Crippen molar-refractivity contribution in [3.63, 3.8) is 0 Å². The Labute approximate surface area is 166 Å². The van der Waals surface area contributed by atoms with E-state index in [1.54, 1.807) is 17.0 Å². The van der Waals surface area contributed by atoms with Crippen LogP contribution in [0.2, 0.25) is 5.02 Å². The number of likely N-dealkylation sites (tertiary alicyclic amines) is 1. The van der Waals surface area contributed by atoms with Crippen molar-refractivity contribution in [3.8, 4) is 5.75 Å². The summed E-state index contributed by atoms with van der Waals surface area (Å²) in [5.74, 6) is -1.90. The Balaban J connectivity index is 1.50. The maximum Gasteiger partial charge on any atom is 0.253 e. The second-order valence-corrected chi connectivity index (χ2v) is 7.81. The molecule has 1 saturated heterocycles. The molecule has 7 heteroatoms. The molecule has 2 aliphatic rings. The van der Waals surface area contributed by atoms with Crippen LogP contribution in [0.15, 0.2) is 30.3 Å². The Morgan fingerprint density at radius 1 is 1.14 bits per heavy atom. The van der Waals surface area contributed by atoms with E-state index in [1.807, 2.05) is 6.92 Å². The van der Waals surface area contributed by atoms with E-state index >= 15 is 0 Å². The summed E-state index contributed by atoms with van der Waals surface area (Å²) in [7, 11) is 0. The highest BCUT2D eigenvalue weighted by atomic mass is 35.5. The molecular formula is C21H18ClF2NO3. The van der Waals surface area contributed by atoms with Crippen LogP contribution in [0.5, 0.6) is 5.75 Å². The first kappa shape index (κ1) is 18.9. The zero-order valence-electron chi connectivity index (χ0n) is 15.2. The Morgan fingerprint density at radius 3 is 2.54 bits per heavy atom. The summed E-state index contributed by atoms with van der Waals surface area (Å²) in [5, 5.41) is 0.526. The molecule has 1 amide bonds. The molecular weight excluding hydrogens is 388 g/mol. The van der Waals surface area contributed by atoms with Gasteiger partial charge in [-0.25, -0.2) is 8.78 Å². The maximum atomic E-state index is 13.4. The third kappa shape index (κ3) is 3.26. The lowest BCUT2D eigenvalue weighted by atomic mass is 9.82. The van der Waals surface area contributed by atoms with E-state index in [2.05, 4.69) is 0 Å². The van der Waals surface area contributed by atoms with E-state index < -0.39 is 17.2 Å². The number of rotatable bonds is 1. The van der Waals surface area contributed by atoms with Crippen molar-refractivity contribution in [2.24, 2.45) is 0 Å². The molecule has 1 spiro atoms. The normalized spacial score (nSPS) is 18.0. The molecule has 146 valence electrons. The highest BCUT2D eigenvalue weighted by molar-refractivity contribution is 6.31. The van der Waals surface area contributed by atoms with Gasteiger partial charge in [-0.2, -0.15) is 0 Å². The molecule has 0 atom stereocenters. The van der Waals surface area contributed by atoms with Crippen LogP contribution >= 0.6 is 11.6 Å². The molecule has 0 saturated carbocycles. The van der Waals surface area contributed by atoms with Gasteiger partial charge in [-0.1, -0.05) is 11.6 Å². The number of halogens is 3. The van der Waals surface area contributed by atoms with Crippen molar-refractivity contribution in [1.29, 1.82) is 0 Å². The molecule has 1 fully saturated rings. The SMILES string of the molecule is Cc1cc2c(cc1Cl)C(=O)CC1(CCN(C(=O)c3ccc(F)c(F)c3)CC1)O2. The smallest absolute Gasteiger partial charge is 0.253 e. The molecule has 0 radical (unpaired) electrons. The second kappa shape index (κ2) is 6.85. The molecule has 2 aromatic carbocycles. The Hall–Kier alpha value is -2.47. The summed E-state index contributed by atoms with van der Waals surface area (Å²) >= 11 is 6.12. The van der Waals surface area contributed by atoms with Crippen LogP contribution in [0.3, 0.4) is 0 Å². The summed E-state index contributed by atoms with van der Waals surface area (Å²) in [5.41, 5.74) is 0.763. The number of hydrogen-bond acceptors (Lipinski definition) is 3. The quantitative estimate of drug-likeness (QED) is 0.698. The first-order valence-electron chi connectivity index (χ1n) is 9.05. The number of Topliss-reactive ketones (excluding diaryl/α,β-unsaturated/α-hetero) is 1. The predicted molar refractivity (Wildman–Crippen MR) is 100.0 cm³/mol. The number of hydrogen-bond donors (Lipinski definition) is 0. The van der Waals surface area contributed by atoms with Gasteiger partial charge in [0.05, 0.1) is 12.0 Å². The van der Waals surface area contributed by atoms with E-state index in [9.17, 15) is 18.4 Å². The van der Waals surface area contributed by atoms with Gasteiger partial charge >= 0.3 is 0 Å². The zero-order valence-corrected chi connectivity index (χ0v) is 16.0. The summed E-state index contributed by atoms with van der Waals surface area (Å²) < 4.78 is 32.7. The Morgan fingerprint density at radius 2 is 1.86 bits per heavy atom. The number of ketones is 1. The molecule has 0 unspecified atom stereocenters. The largest absolute Gasteiger partial charge is 0.486 e. The fourth-order valence-electron chi connectivity index (χ4n) is 3.82. The fraction of sp³-hybridized carbons (Fsp3) is 0.333. The number of amides is 1. The van der Waals surface area contributed by atoms with Gasteiger partial charge in [0, 0.05) is 36.5 Å². The summed E-state index contributed by atoms with van der Waals surface area (Å²) in [6.45, 7) is 2.58. The molecule has 2 heterocycles. The van der Waals surface area contributed by atoms with Crippen LogP contribution in [-0.2, 0) is 0 Å². The number of carbonyl (C=O) groups is 2. The van der Waals surface area contributed by atoms with Crippen LogP contribution < -0.4 is 4.74 Å². The Kier molecular flexibility index (Phi) is 4.62. The van der Waals surface area contributed by atoms with Crippen molar-refractivity contribution in [1.82, 2.24) is 4.90 Å². The molecule has 4 nitrogen and oxygen atoms in total. The standard InChI is InChI=1S/C21H18ClF2NO3/c1-12-8-19-14(10-15(12)22)18(26)11-21(28-19)4-6-25(7-5-21)20(27)13-2-3-16(23)17(24)9-13/h2-3,8-10H,4-7,11H2,1H3. The van der Waals surface area contributed by atoms with Gasteiger partial charge in [0.15, 0.2) is 17.4 Å². The molecule has 0 bridgehead atoms. The van der Waals surface area contributed by atoms with Gasteiger partial charge in [-0.05, 0) is 42.8 Å². The molecule has 0 aliphatic carbocycles. The van der Waals surface area contributed by atoms with Crippen molar-refractivity contribution in [3.05, 3.63) is 63.7 Å². The first-order chi connectivity index (χ1) is 13.3. The summed E-state index contributed by atoms with van der Waals surface area (Å²) in [4.78, 5) is 26.8. The van der Waals surface area contributed by atoms with Crippen LogP contribution in [0.4, 0.5) is 8.78 Å². The minimum Gasteiger partial charge on any atom is -0.486 e. The fourth-order valence-corrected chi connectivity index (χ4v) is 3.99. The van der Waals surface area contributed by atoms with Gasteiger partial charge in [0.25, 0.3) is 5.91 Å². The molecule has 0 N–H and O–H groups in total. The van der Waals surface area contributed by atoms with Crippen LogP contribution in [0.1, 0.15) is 45.5 Å². The topological polar surface area (TPSA) is 46.6 Å². The second-order valence-electron chi connectivity index (χ2n) is 7.40. The number of fused-ring (bicyclic) bond motifs is 1. The molecule has 0 aromatic heterocycles. The van der Waals surface area contributed by atoms with Gasteiger partial charge in [0.2, 0.25) is 0 Å². The first-order valence-corrected chi connectivity index (χ1v) is 9.42. The summed E-state index contributed by atoms with van der Waals surface area (Å²) in [6.07, 6.45) is 1.19. The zero-order chi connectivity index (χ0) is 20.1. The van der Waals surface area contributed by atoms with Crippen molar-refractivity contribution in [2.45, 2.75) is 31.8 Å². The van der Waals surface area contributed by atoms with E-state index in [-0.39, 0.29) is 23.7 Å². The minimum atomic E-state index is -1.05. The number of benzene rings is 2. The number of carbonyl (C=O) groups excluding carboxylic acids is 2. The number of nitrogens with zero attached hydrogens (tertiary/aromatic N) is 1. The van der Waals surface area contributed by atoms with Crippen LogP contribution in [-0.4, -0.2) is 35.3 Å². The van der Waals surface area contributed by atoms with Gasteiger partial charge < -0.3 is 9.64 Å². The average Bonchev–Trinajstić information content (AvgIpc) is 2.66. The van der Waals surface area contributed by atoms with Gasteiger partial charge in [0.1, 0.15) is 11.4 Å². The number of aryl methyl sites for hydroxylation is 1. The van der Waals surface area contributed by atoms with Crippen molar-refractivity contribution < 1.29 is 23.1 Å². The van der Waals surface area contributed by atoms with Gasteiger partial charge in [-0.15, -0.1) is 0 Å². The highest BCUT2D eigenvalue weighted by Gasteiger charge is 2.44. The monoisotopic (exact) mass is 405 g/mol. The third-order valence-corrected chi connectivity index (χ3v) is 5.91. The summed E-state index contributed by atoms with van der Waals surface area (Å²) in [6, 6.07) is 6.54. The number of piperidine rings is 1. The van der Waals surface area contributed by atoms with E-state index in [4.69, 9.17) is 16.3 Å². The third-order valence-electron chi connectivity index (χ3n) is 5.50. The molecule has 2 aromatic rings. The minimum absolute atomic E-state index is 0.0245. The lowest BCUT2D eigenvalue weighted by Crippen LogP contribution is -2.52. The Bertz CT molecular complexity index is 984. The molecule has 4 rings (SSSR count). The van der Waals surface area contributed by atoms with E-state index in [1.165, 1.54) is 6.07 Å². The lowest BCUT2D eigenvalue weighted by Gasteiger charge is -2.44. The molecule has 28 heavy (non-hydrogen) atoms. The van der Waals surface area contributed by atoms with Crippen molar-refractivity contribution in [2.75, 3.05) is 13.1 Å². The van der Waals surface area contributed by atoms with E-state index in [0.717, 1.165) is 17.7 Å². The maximum absolute atomic E-state index is 13.4. The van der Waals surface area contributed by atoms with Crippen LogP contribution in [0.25, 0.3) is 0 Å².